The van der Waals surface area contributed by atoms with Gasteiger partial charge in [-0.3, -0.25) is 4.79 Å². The van der Waals surface area contributed by atoms with Gasteiger partial charge in [0, 0.05) is 13.1 Å². The van der Waals surface area contributed by atoms with E-state index in [1.165, 1.54) is 12.8 Å². The molecule has 1 aliphatic heterocycles. The Balaban J connectivity index is 2.05. The first-order chi connectivity index (χ1) is 9.15. The first-order valence-corrected chi connectivity index (χ1v) is 8.17. The average molecular weight is 280 g/mol. The van der Waals surface area contributed by atoms with Crippen molar-refractivity contribution < 1.29 is 4.79 Å². The summed E-state index contributed by atoms with van der Waals surface area (Å²) in [6, 6.07) is 0. The Hall–Kier alpha value is -0.900. The zero-order chi connectivity index (χ0) is 13.8. The summed E-state index contributed by atoms with van der Waals surface area (Å²) < 4.78 is 0. The van der Waals surface area contributed by atoms with E-state index in [2.05, 4.69) is 30.7 Å². The number of carbonyl (C=O) groups excluding carboxylic acids is 1. The molecule has 1 aromatic heterocycles. The zero-order valence-electron chi connectivity index (χ0n) is 12.2. The maximum absolute atomic E-state index is 11.1. The molecule has 0 radical (unpaired) electrons. The fraction of sp³-hybridized carbons (Fsp3) is 0.733. The van der Waals surface area contributed by atoms with Crippen LogP contribution in [0.3, 0.4) is 0 Å². The fourth-order valence-corrected chi connectivity index (χ4v) is 3.73. The van der Waals surface area contributed by atoms with Crippen LogP contribution in [0, 0.1) is 11.8 Å². The number of hydrogen-bond donors (Lipinski definition) is 0. The largest absolute Gasteiger partial charge is 0.348 e. The van der Waals surface area contributed by atoms with E-state index in [0.717, 1.165) is 59.8 Å². The Morgan fingerprint density at radius 3 is 2.63 bits per heavy atom. The lowest BCUT2D eigenvalue weighted by atomic mass is 9.87. The highest BCUT2D eigenvalue weighted by Crippen LogP contribution is 2.31. The molecule has 3 nitrogen and oxygen atoms in total. The van der Waals surface area contributed by atoms with Gasteiger partial charge < -0.3 is 4.90 Å². The smallest absolute Gasteiger partial charge is 0.186 e. The molecular formula is C15H24N2OS. The first-order valence-electron chi connectivity index (χ1n) is 7.35. The SMILES string of the molecule is CCCc1nc(N2CCC(C(C)C)CC2)sc1C=O. The molecule has 1 aromatic rings. The third-order valence-electron chi connectivity index (χ3n) is 4.06. The molecule has 0 unspecified atom stereocenters. The zero-order valence-corrected chi connectivity index (χ0v) is 13.0. The number of aryl methyl sites for hydroxylation is 1. The summed E-state index contributed by atoms with van der Waals surface area (Å²) in [5.41, 5.74) is 0.989. The predicted octanol–water partition coefficient (Wildman–Crippen LogP) is 3.78. The number of rotatable bonds is 5. The molecule has 2 heterocycles. The van der Waals surface area contributed by atoms with Gasteiger partial charge in [0.15, 0.2) is 11.4 Å². The van der Waals surface area contributed by atoms with Gasteiger partial charge in [-0.2, -0.15) is 0 Å². The number of hydrogen-bond acceptors (Lipinski definition) is 4. The fourth-order valence-electron chi connectivity index (χ4n) is 2.75. The van der Waals surface area contributed by atoms with E-state index in [4.69, 9.17) is 0 Å². The Morgan fingerprint density at radius 2 is 2.11 bits per heavy atom. The lowest BCUT2D eigenvalue weighted by Crippen LogP contribution is -2.35. The molecule has 1 aliphatic rings. The van der Waals surface area contributed by atoms with Crippen LogP contribution in [-0.2, 0) is 6.42 Å². The van der Waals surface area contributed by atoms with E-state index < -0.39 is 0 Å². The summed E-state index contributed by atoms with van der Waals surface area (Å²) in [5.74, 6) is 1.62. The number of piperidine rings is 1. The van der Waals surface area contributed by atoms with Crippen LogP contribution in [0.25, 0.3) is 0 Å². The molecule has 19 heavy (non-hydrogen) atoms. The van der Waals surface area contributed by atoms with Gasteiger partial charge >= 0.3 is 0 Å². The third kappa shape index (κ3) is 3.35. The lowest BCUT2D eigenvalue weighted by molar-refractivity contribution is 0.112. The van der Waals surface area contributed by atoms with Gasteiger partial charge in [-0.25, -0.2) is 4.98 Å². The molecule has 0 bridgehead atoms. The van der Waals surface area contributed by atoms with Crippen molar-refractivity contribution in [1.82, 2.24) is 4.98 Å². The Labute approximate surface area is 120 Å². The van der Waals surface area contributed by atoms with Crippen molar-refractivity contribution in [3.63, 3.8) is 0 Å². The van der Waals surface area contributed by atoms with Gasteiger partial charge in [0.1, 0.15) is 0 Å². The van der Waals surface area contributed by atoms with Crippen molar-refractivity contribution in [2.45, 2.75) is 46.5 Å². The molecule has 0 N–H and O–H groups in total. The number of carbonyl (C=O) groups is 1. The van der Waals surface area contributed by atoms with E-state index in [1.807, 2.05) is 0 Å². The van der Waals surface area contributed by atoms with Crippen molar-refractivity contribution in [2.75, 3.05) is 18.0 Å². The van der Waals surface area contributed by atoms with E-state index in [1.54, 1.807) is 11.3 Å². The van der Waals surface area contributed by atoms with Gasteiger partial charge in [0.2, 0.25) is 0 Å². The van der Waals surface area contributed by atoms with Crippen LogP contribution in [0.2, 0.25) is 0 Å². The first kappa shape index (κ1) is 14.5. The van der Waals surface area contributed by atoms with Crippen LogP contribution in [0.15, 0.2) is 0 Å². The number of anilines is 1. The number of aromatic nitrogens is 1. The molecule has 2 rings (SSSR count). The van der Waals surface area contributed by atoms with E-state index in [-0.39, 0.29) is 0 Å². The average Bonchev–Trinajstić information content (AvgIpc) is 2.82. The maximum Gasteiger partial charge on any atom is 0.186 e. The second kappa shape index (κ2) is 6.51. The van der Waals surface area contributed by atoms with Gasteiger partial charge in [0.25, 0.3) is 0 Å². The molecule has 1 saturated heterocycles. The van der Waals surface area contributed by atoms with Crippen LogP contribution in [0.1, 0.15) is 55.4 Å². The predicted molar refractivity (Wildman–Crippen MR) is 81.3 cm³/mol. The summed E-state index contributed by atoms with van der Waals surface area (Å²) in [5, 5.41) is 1.05. The van der Waals surface area contributed by atoms with Gasteiger partial charge in [-0.05, 0) is 31.1 Å². The third-order valence-corrected chi connectivity index (χ3v) is 5.15. The summed E-state index contributed by atoms with van der Waals surface area (Å²) in [6.07, 6.45) is 5.41. The molecule has 0 aliphatic carbocycles. The maximum atomic E-state index is 11.1. The summed E-state index contributed by atoms with van der Waals surface area (Å²) in [6.45, 7) is 8.92. The van der Waals surface area contributed by atoms with Crippen molar-refractivity contribution in [2.24, 2.45) is 11.8 Å². The van der Waals surface area contributed by atoms with Crippen molar-refractivity contribution >= 4 is 22.8 Å². The Bertz CT molecular complexity index is 420. The molecular weight excluding hydrogens is 256 g/mol. The molecule has 0 amide bonds. The highest BCUT2D eigenvalue weighted by molar-refractivity contribution is 7.17. The summed E-state index contributed by atoms with van der Waals surface area (Å²) in [4.78, 5) is 18.9. The molecule has 4 heteroatoms. The van der Waals surface area contributed by atoms with E-state index >= 15 is 0 Å². The summed E-state index contributed by atoms with van der Waals surface area (Å²) >= 11 is 1.56. The quantitative estimate of drug-likeness (QED) is 0.770. The van der Waals surface area contributed by atoms with Crippen molar-refractivity contribution in [3.8, 4) is 0 Å². The topological polar surface area (TPSA) is 33.2 Å². The summed E-state index contributed by atoms with van der Waals surface area (Å²) in [7, 11) is 0. The molecule has 1 fully saturated rings. The molecule has 0 atom stereocenters. The monoisotopic (exact) mass is 280 g/mol. The van der Waals surface area contributed by atoms with Gasteiger partial charge in [0.05, 0.1) is 10.6 Å². The minimum Gasteiger partial charge on any atom is -0.348 e. The number of thiazole rings is 1. The standard InChI is InChI=1S/C15H24N2OS/c1-4-5-13-14(10-18)19-15(16-13)17-8-6-12(7-9-17)11(2)3/h10-12H,4-9H2,1-3H3. The van der Waals surface area contributed by atoms with Crippen molar-refractivity contribution in [3.05, 3.63) is 10.6 Å². The minimum absolute atomic E-state index is 0.777. The Morgan fingerprint density at radius 1 is 1.42 bits per heavy atom. The molecule has 0 aromatic carbocycles. The van der Waals surface area contributed by atoms with Crippen LogP contribution in [0.4, 0.5) is 5.13 Å². The second-order valence-corrected chi connectivity index (χ2v) is 6.75. The van der Waals surface area contributed by atoms with Crippen LogP contribution in [0.5, 0.6) is 0 Å². The minimum atomic E-state index is 0.777. The highest BCUT2D eigenvalue weighted by atomic mass is 32.1. The number of nitrogens with zero attached hydrogens (tertiary/aromatic N) is 2. The second-order valence-electron chi connectivity index (χ2n) is 5.74. The molecule has 106 valence electrons. The Kier molecular flexibility index (Phi) is 4.97. The van der Waals surface area contributed by atoms with Gasteiger partial charge in [-0.1, -0.05) is 38.5 Å². The van der Waals surface area contributed by atoms with Crippen LogP contribution < -0.4 is 4.90 Å². The van der Waals surface area contributed by atoms with Crippen LogP contribution >= 0.6 is 11.3 Å². The highest BCUT2D eigenvalue weighted by Gasteiger charge is 2.24. The van der Waals surface area contributed by atoms with E-state index in [0.29, 0.717) is 0 Å². The molecule has 0 saturated carbocycles. The van der Waals surface area contributed by atoms with E-state index in [9.17, 15) is 4.79 Å². The van der Waals surface area contributed by atoms with Gasteiger partial charge in [-0.15, -0.1) is 0 Å². The lowest BCUT2D eigenvalue weighted by Gasteiger charge is -2.33. The van der Waals surface area contributed by atoms with Crippen LogP contribution in [-0.4, -0.2) is 24.4 Å². The van der Waals surface area contributed by atoms with Crippen molar-refractivity contribution in [1.29, 1.82) is 0 Å². The number of aldehydes is 1. The normalized spacial score (nSPS) is 17.2. The molecule has 0 spiro atoms.